The Morgan fingerprint density at radius 3 is 2.23 bits per heavy atom. The highest BCUT2D eigenvalue weighted by Crippen LogP contribution is 2.42. The van der Waals surface area contributed by atoms with Gasteiger partial charge in [0.15, 0.2) is 0 Å². The van der Waals surface area contributed by atoms with Crippen molar-refractivity contribution in [2.45, 2.75) is 46.1 Å². The molecular weight excluding hydrogens is 372 g/mol. The van der Waals surface area contributed by atoms with Gasteiger partial charge in [0, 0.05) is 30.8 Å². The van der Waals surface area contributed by atoms with Crippen molar-refractivity contribution in [1.29, 1.82) is 0 Å². The van der Waals surface area contributed by atoms with Gasteiger partial charge >= 0.3 is 0 Å². The van der Waals surface area contributed by atoms with Crippen molar-refractivity contribution in [3.8, 4) is 5.75 Å². The van der Waals surface area contributed by atoms with E-state index in [1.54, 1.807) is 0 Å². The molecule has 2 heterocycles. The number of benzene rings is 2. The van der Waals surface area contributed by atoms with E-state index in [-0.39, 0.29) is 5.91 Å². The molecule has 1 amide bonds. The number of hydrogen-bond acceptors (Lipinski definition) is 3. The average Bonchev–Trinajstić information content (AvgIpc) is 2.78. The minimum Gasteiger partial charge on any atom is -0.494 e. The largest absolute Gasteiger partial charge is 0.494 e. The number of piperidine rings is 2. The fourth-order valence-corrected chi connectivity index (χ4v) is 4.92. The van der Waals surface area contributed by atoms with Gasteiger partial charge in [-0.1, -0.05) is 35.9 Å². The molecule has 0 unspecified atom stereocenters. The zero-order valence-electron chi connectivity index (χ0n) is 18.4. The molecule has 160 valence electrons. The van der Waals surface area contributed by atoms with Gasteiger partial charge < -0.3 is 9.64 Å². The Balaban J connectivity index is 1.29. The first kappa shape index (κ1) is 20.9. The van der Waals surface area contributed by atoms with Crippen molar-refractivity contribution in [1.82, 2.24) is 9.80 Å². The highest BCUT2D eigenvalue weighted by Gasteiger charge is 2.38. The highest BCUT2D eigenvalue weighted by molar-refractivity contribution is 5.94. The van der Waals surface area contributed by atoms with Gasteiger partial charge in [-0.15, -0.1) is 0 Å². The van der Waals surface area contributed by atoms with Crippen LogP contribution in [-0.2, 0) is 6.54 Å². The van der Waals surface area contributed by atoms with Crippen LogP contribution in [0.3, 0.4) is 0 Å². The molecule has 2 saturated heterocycles. The monoisotopic (exact) mass is 406 g/mol. The summed E-state index contributed by atoms with van der Waals surface area (Å²) in [6.07, 6.45) is 4.73. The predicted molar refractivity (Wildman–Crippen MR) is 121 cm³/mol. The Kier molecular flexibility index (Phi) is 6.43. The first-order valence-electron chi connectivity index (χ1n) is 11.4. The molecule has 0 radical (unpaired) electrons. The summed E-state index contributed by atoms with van der Waals surface area (Å²) >= 11 is 0. The van der Waals surface area contributed by atoms with Crippen molar-refractivity contribution in [2.24, 2.45) is 5.41 Å². The number of nitrogens with zero attached hydrogens (tertiary/aromatic N) is 2. The Hall–Kier alpha value is -2.33. The van der Waals surface area contributed by atoms with E-state index in [9.17, 15) is 4.79 Å². The topological polar surface area (TPSA) is 32.8 Å². The van der Waals surface area contributed by atoms with E-state index in [1.165, 1.54) is 24.0 Å². The summed E-state index contributed by atoms with van der Waals surface area (Å²) in [6, 6.07) is 16.4. The Morgan fingerprint density at radius 1 is 0.933 bits per heavy atom. The summed E-state index contributed by atoms with van der Waals surface area (Å²) in [6.45, 7) is 9.80. The molecule has 30 heavy (non-hydrogen) atoms. The second-order valence-corrected chi connectivity index (χ2v) is 8.98. The molecule has 0 atom stereocenters. The first-order valence-corrected chi connectivity index (χ1v) is 11.4. The summed E-state index contributed by atoms with van der Waals surface area (Å²) in [5, 5.41) is 0. The van der Waals surface area contributed by atoms with Crippen LogP contribution in [0.2, 0.25) is 0 Å². The second kappa shape index (κ2) is 9.22. The van der Waals surface area contributed by atoms with Gasteiger partial charge in [-0.2, -0.15) is 0 Å². The van der Waals surface area contributed by atoms with Crippen molar-refractivity contribution in [2.75, 3.05) is 32.8 Å². The number of carbonyl (C=O) groups is 1. The number of para-hydroxylation sites is 1. The maximum atomic E-state index is 12.8. The number of aryl methyl sites for hydroxylation is 1. The minimum absolute atomic E-state index is 0.190. The minimum atomic E-state index is 0.190. The van der Waals surface area contributed by atoms with E-state index in [1.807, 2.05) is 37.3 Å². The van der Waals surface area contributed by atoms with Crippen LogP contribution in [0.1, 0.15) is 54.1 Å². The third-order valence-corrected chi connectivity index (χ3v) is 6.99. The quantitative estimate of drug-likeness (QED) is 0.707. The molecule has 4 heteroatoms. The van der Waals surface area contributed by atoms with Gasteiger partial charge in [-0.05, 0) is 76.2 Å². The molecule has 0 aromatic heterocycles. The second-order valence-electron chi connectivity index (χ2n) is 8.98. The molecule has 4 rings (SSSR count). The molecule has 2 aliphatic heterocycles. The lowest BCUT2D eigenvalue weighted by Crippen LogP contribution is -2.48. The third kappa shape index (κ3) is 4.70. The predicted octanol–water partition coefficient (Wildman–Crippen LogP) is 4.91. The van der Waals surface area contributed by atoms with Crippen LogP contribution < -0.4 is 4.74 Å². The van der Waals surface area contributed by atoms with Crippen LogP contribution in [0, 0.1) is 12.3 Å². The van der Waals surface area contributed by atoms with E-state index in [0.29, 0.717) is 12.0 Å². The zero-order chi connectivity index (χ0) is 21.0. The molecule has 0 N–H and O–H groups in total. The SMILES string of the molecule is CCOc1ccccc1CN1CCC2(CC1)CCN(C(=O)c1ccc(C)cc1)CC2. The third-order valence-electron chi connectivity index (χ3n) is 6.99. The average molecular weight is 407 g/mol. The number of carbonyl (C=O) groups excluding carboxylic acids is 1. The summed E-state index contributed by atoms with van der Waals surface area (Å²) in [5.41, 5.74) is 3.72. The molecule has 0 aliphatic carbocycles. The van der Waals surface area contributed by atoms with Crippen LogP contribution in [0.5, 0.6) is 5.75 Å². The molecule has 1 spiro atoms. The number of ether oxygens (including phenoxy) is 1. The normalized spacial score (nSPS) is 19.1. The van der Waals surface area contributed by atoms with E-state index in [4.69, 9.17) is 4.74 Å². The van der Waals surface area contributed by atoms with Crippen molar-refractivity contribution < 1.29 is 9.53 Å². The van der Waals surface area contributed by atoms with Crippen LogP contribution in [-0.4, -0.2) is 48.5 Å². The number of amides is 1. The van der Waals surface area contributed by atoms with Crippen LogP contribution in [0.25, 0.3) is 0 Å². The number of likely N-dealkylation sites (tertiary alicyclic amines) is 2. The van der Waals surface area contributed by atoms with Gasteiger partial charge in [0.25, 0.3) is 5.91 Å². The maximum Gasteiger partial charge on any atom is 0.253 e. The Morgan fingerprint density at radius 2 is 1.57 bits per heavy atom. The van der Waals surface area contributed by atoms with E-state index in [0.717, 1.165) is 56.9 Å². The fraction of sp³-hybridized carbons (Fsp3) is 0.500. The lowest BCUT2D eigenvalue weighted by atomic mass is 9.71. The van der Waals surface area contributed by atoms with Crippen molar-refractivity contribution in [3.05, 3.63) is 65.2 Å². The molecule has 2 aromatic carbocycles. The van der Waals surface area contributed by atoms with Crippen molar-refractivity contribution in [3.63, 3.8) is 0 Å². The summed E-state index contributed by atoms with van der Waals surface area (Å²) < 4.78 is 5.80. The Labute approximate surface area is 180 Å². The number of hydrogen-bond donors (Lipinski definition) is 0. The lowest BCUT2D eigenvalue weighted by Gasteiger charge is -2.47. The fourth-order valence-electron chi connectivity index (χ4n) is 4.92. The summed E-state index contributed by atoms with van der Waals surface area (Å²) in [5.74, 6) is 1.21. The molecule has 2 aromatic rings. The summed E-state index contributed by atoms with van der Waals surface area (Å²) in [7, 11) is 0. The van der Waals surface area contributed by atoms with E-state index >= 15 is 0 Å². The van der Waals surface area contributed by atoms with Gasteiger partial charge in [-0.3, -0.25) is 9.69 Å². The molecule has 2 fully saturated rings. The highest BCUT2D eigenvalue weighted by atomic mass is 16.5. The van der Waals surface area contributed by atoms with Gasteiger partial charge in [0.05, 0.1) is 6.61 Å². The molecular formula is C26H34N2O2. The lowest BCUT2D eigenvalue weighted by molar-refractivity contribution is 0.0283. The molecule has 0 bridgehead atoms. The standard InChI is InChI=1S/C26H34N2O2/c1-3-30-24-7-5-4-6-23(24)20-27-16-12-26(13-17-27)14-18-28(19-15-26)25(29)22-10-8-21(2)9-11-22/h4-11H,3,12-20H2,1-2H3. The van der Waals surface area contributed by atoms with Crippen LogP contribution in [0.4, 0.5) is 0 Å². The van der Waals surface area contributed by atoms with Gasteiger partial charge in [0.2, 0.25) is 0 Å². The maximum absolute atomic E-state index is 12.8. The number of rotatable bonds is 5. The molecule has 0 saturated carbocycles. The molecule has 2 aliphatic rings. The van der Waals surface area contributed by atoms with Crippen LogP contribution >= 0.6 is 0 Å². The van der Waals surface area contributed by atoms with Gasteiger partial charge in [0.1, 0.15) is 5.75 Å². The van der Waals surface area contributed by atoms with Crippen LogP contribution in [0.15, 0.2) is 48.5 Å². The van der Waals surface area contributed by atoms with Gasteiger partial charge in [-0.25, -0.2) is 0 Å². The van der Waals surface area contributed by atoms with Crippen molar-refractivity contribution >= 4 is 5.91 Å². The molecule has 4 nitrogen and oxygen atoms in total. The first-order chi connectivity index (χ1) is 14.6. The summed E-state index contributed by atoms with van der Waals surface area (Å²) in [4.78, 5) is 17.4. The van der Waals surface area contributed by atoms with E-state index in [2.05, 4.69) is 34.9 Å². The zero-order valence-corrected chi connectivity index (χ0v) is 18.4. The smallest absolute Gasteiger partial charge is 0.253 e. The Bertz CT molecular complexity index is 844. The van der Waals surface area contributed by atoms with E-state index < -0.39 is 0 Å².